The number of nitrogens with zero attached hydrogens (tertiary/aromatic N) is 5. The number of aliphatic hydroxyl groups excluding tert-OH is 1. The van der Waals surface area contributed by atoms with E-state index in [1.165, 1.54) is 17.3 Å². The fourth-order valence-electron chi connectivity index (χ4n) is 6.26. The van der Waals surface area contributed by atoms with Gasteiger partial charge in [-0.15, -0.1) is 4.99 Å². The zero-order chi connectivity index (χ0) is 36.3. The molecule has 1 aliphatic heterocycles. The van der Waals surface area contributed by atoms with Crippen LogP contribution in [0.5, 0.6) is 0 Å². The van der Waals surface area contributed by atoms with Gasteiger partial charge in [0.15, 0.2) is 0 Å². The zero-order valence-corrected chi connectivity index (χ0v) is 28.8. The number of carbonyl (C=O) groups excluding carboxylic acids is 2. The summed E-state index contributed by atoms with van der Waals surface area (Å²) < 4.78 is 32.5. The second-order valence-corrected chi connectivity index (χ2v) is 13.8. The van der Waals surface area contributed by atoms with Gasteiger partial charge in [-0.2, -0.15) is 19.0 Å². The Balaban J connectivity index is 1.44. The number of ether oxygens (including phenoxy) is 1. The topological polar surface area (TPSA) is 138 Å². The summed E-state index contributed by atoms with van der Waals surface area (Å²) in [5, 5.41) is 25.3. The first-order chi connectivity index (χ1) is 24.4. The smallest absolute Gasteiger partial charge is 0.437 e. The third-order valence-electron chi connectivity index (χ3n) is 8.48. The SMILES string of the molecule is CC(C)(C)C[C@]1(c2ccc(-c3cnn(C(F)F)c3)cc2)NC(=NC(=O)OCc2ccccc2)N([C@H](CO)c2ccc(Cl)c(-c3cc[nH]n3)c2)C1=O. The molecule has 0 spiro atoms. The largest absolute Gasteiger partial charge is 0.443 e. The number of hydrogen-bond donors (Lipinski definition) is 3. The molecule has 1 fully saturated rings. The van der Waals surface area contributed by atoms with E-state index in [1.807, 2.05) is 39.0 Å². The number of aromatic nitrogens is 4. The fraction of sp³-hybridized carbons (Fsp3) is 0.270. The number of halogens is 3. The number of alkyl halides is 2. The number of hydrogen-bond acceptors (Lipinski definition) is 6. The fourth-order valence-corrected chi connectivity index (χ4v) is 6.48. The molecule has 2 aromatic heterocycles. The van der Waals surface area contributed by atoms with E-state index in [1.54, 1.807) is 66.9 Å². The van der Waals surface area contributed by atoms with Gasteiger partial charge in [0.2, 0.25) is 5.96 Å². The van der Waals surface area contributed by atoms with E-state index in [0.717, 1.165) is 5.56 Å². The van der Waals surface area contributed by atoms with Crippen LogP contribution in [0.3, 0.4) is 0 Å². The van der Waals surface area contributed by atoms with Crippen LogP contribution in [0.4, 0.5) is 13.6 Å². The van der Waals surface area contributed by atoms with Crippen LogP contribution < -0.4 is 5.32 Å². The van der Waals surface area contributed by atoms with Gasteiger partial charge in [-0.1, -0.05) is 93.0 Å². The van der Waals surface area contributed by atoms with Crippen LogP contribution in [0.25, 0.3) is 22.4 Å². The minimum absolute atomic E-state index is 0.0468. The molecule has 0 saturated carbocycles. The molecule has 0 bridgehead atoms. The maximum absolute atomic E-state index is 15.0. The Kier molecular flexibility index (Phi) is 10.0. The molecule has 3 aromatic carbocycles. The Morgan fingerprint density at radius 2 is 1.80 bits per heavy atom. The molecule has 2 atom stereocenters. The Morgan fingerprint density at radius 3 is 2.43 bits per heavy atom. The van der Waals surface area contributed by atoms with Gasteiger partial charge < -0.3 is 15.2 Å². The lowest BCUT2D eigenvalue weighted by Crippen LogP contribution is -2.47. The number of carbonyl (C=O) groups is 2. The lowest BCUT2D eigenvalue weighted by molar-refractivity contribution is -0.134. The van der Waals surface area contributed by atoms with Crippen molar-refractivity contribution >= 4 is 29.6 Å². The number of nitrogens with one attached hydrogen (secondary N) is 2. The summed E-state index contributed by atoms with van der Waals surface area (Å²) in [6, 6.07) is 21.8. The minimum atomic E-state index is -2.79. The lowest BCUT2D eigenvalue weighted by Gasteiger charge is -2.35. The molecular formula is C37H36ClF2N7O4. The predicted octanol–water partition coefficient (Wildman–Crippen LogP) is 7.48. The summed E-state index contributed by atoms with van der Waals surface area (Å²) in [5.41, 5.74) is 2.09. The van der Waals surface area contributed by atoms with E-state index >= 15 is 4.79 Å². The number of amides is 2. The summed E-state index contributed by atoms with van der Waals surface area (Å²) >= 11 is 6.54. The van der Waals surface area contributed by atoms with E-state index in [-0.39, 0.29) is 19.0 Å². The normalized spacial score (nSPS) is 17.6. The van der Waals surface area contributed by atoms with Crippen molar-refractivity contribution in [3.63, 3.8) is 0 Å². The van der Waals surface area contributed by atoms with Crippen LogP contribution in [0.2, 0.25) is 5.02 Å². The van der Waals surface area contributed by atoms with E-state index in [4.69, 9.17) is 16.3 Å². The molecular weight excluding hydrogens is 680 g/mol. The van der Waals surface area contributed by atoms with Gasteiger partial charge in [0.25, 0.3) is 5.91 Å². The minimum Gasteiger partial charge on any atom is -0.443 e. The Bertz CT molecular complexity index is 2030. The first-order valence-electron chi connectivity index (χ1n) is 16.1. The Labute approximate surface area is 297 Å². The lowest BCUT2D eigenvalue weighted by atomic mass is 9.75. The van der Waals surface area contributed by atoms with E-state index in [9.17, 15) is 18.7 Å². The summed E-state index contributed by atoms with van der Waals surface area (Å²) in [6.07, 6.45) is 3.54. The highest BCUT2D eigenvalue weighted by atomic mass is 35.5. The van der Waals surface area contributed by atoms with Crippen molar-refractivity contribution in [1.82, 2.24) is 30.2 Å². The standard InChI is InChI=1S/C37H36ClF2N7O4/c1-36(2,3)22-37(27-12-9-24(10-13-27)26-18-42-46(19-26)33(39)40)32(49)47(34(44-37)43-35(50)51-21-23-7-5-4-6-8-23)31(20-48)25-11-14-29(38)28(17-25)30-15-16-41-45-30/h4-19,31,33,48H,20-22H2,1-3H3,(H,41,45)(H,43,44,50)/t31-,37-/m1/s1. The molecule has 5 aromatic rings. The van der Waals surface area contributed by atoms with Gasteiger partial charge >= 0.3 is 12.6 Å². The van der Waals surface area contributed by atoms with Gasteiger partial charge in [-0.25, -0.2) is 9.48 Å². The number of aromatic amines is 1. The molecule has 0 radical (unpaired) electrons. The first kappa shape index (κ1) is 35.4. The summed E-state index contributed by atoms with van der Waals surface area (Å²) in [6.45, 7) is 2.56. The third kappa shape index (κ3) is 7.54. The predicted molar refractivity (Wildman–Crippen MR) is 188 cm³/mol. The second-order valence-electron chi connectivity index (χ2n) is 13.4. The van der Waals surface area contributed by atoms with Crippen molar-refractivity contribution < 1.29 is 28.2 Å². The third-order valence-corrected chi connectivity index (χ3v) is 8.81. The maximum Gasteiger partial charge on any atom is 0.437 e. The zero-order valence-electron chi connectivity index (χ0n) is 28.1. The van der Waals surface area contributed by atoms with E-state index in [0.29, 0.717) is 43.2 Å². The van der Waals surface area contributed by atoms with Crippen molar-refractivity contribution in [2.24, 2.45) is 10.4 Å². The van der Waals surface area contributed by atoms with Gasteiger partial charge in [0, 0.05) is 23.5 Å². The number of rotatable bonds is 10. The highest BCUT2D eigenvalue weighted by Crippen LogP contribution is 2.43. The number of benzene rings is 3. The highest BCUT2D eigenvalue weighted by Gasteiger charge is 2.55. The molecule has 3 heterocycles. The van der Waals surface area contributed by atoms with Crippen LogP contribution in [0.15, 0.2) is 102 Å². The van der Waals surface area contributed by atoms with Crippen LogP contribution in [0, 0.1) is 5.41 Å². The van der Waals surface area contributed by atoms with Crippen molar-refractivity contribution in [2.75, 3.05) is 6.61 Å². The van der Waals surface area contributed by atoms with E-state index in [2.05, 4.69) is 25.6 Å². The second kappa shape index (κ2) is 14.4. The quantitative estimate of drug-likeness (QED) is 0.136. The monoisotopic (exact) mass is 715 g/mol. The van der Waals surface area contributed by atoms with Crippen LogP contribution in [0.1, 0.15) is 56.5 Å². The summed E-state index contributed by atoms with van der Waals surface area (Å²) in [5.74, 6) is -0.583. The maximum atomic E-state index is 15.0. The van der Waals surface area contributed by atoms with Crippen LogP contribution in [-0.4, -0.2) is 54.6 Å². The molecule has 11 nitrogen and oxygen atoms in total. The molecule has 14 heteroatoms. The van der Waals surface area contributed by atoms with Crippen molar-refractivity contribution in [3.05, 3.63) is 119 Å². The average Bonchev–Trinajstić information content (AvgIpc) is 3.87. The summed E-state index contributed by atoms with van der Waals surface area (Å²) in [7, 11) is 0. The van der Waals surface area contributed by atoms with Crippen LogP contribution in [-0.2, 0) is 21.7 Å². The van der Waals surface area contributed by atoms with E-state index < -0.39 is 42.2 Å². The van der Waals surface area contributed by atoms with Crippen molar-refractivity contribution in [3.8, 4) is 22.4 Å². The first-order valence-corrected chi connectivity index (χ1v) is 16.5. The van der Waals surface area contributed by atoms with Gasteiger partial charge in [-0.05, 0) is 52.3 Å². The molecule has 6 rings (SSSR count). The highest BCUT2D eigenvalue weighted by molar-refractivity contribution is 6.33. The molecule has 3 N–H and O–H groups in total. The van der Waals surface area contributed by atoms with Crippen LogP contribution >= 0.6 is 11.6 Å². The molecule has 0 aliphatic carbocycles. The Morgan fingerprint density at radius 1 is 1.06 bits per heavy atom. The van der Waals surface area contributed by atoms with Crippen molar-refractivity contribution in [1.29, 1.82) is 0 Å². The van der Waals surface area contributed by atoms with Gasteiger partial charge in [-0.3, -0.25) is 14.8 Å². The molecule has 0 unspecified atom stereocenters. The molecule has 2 amide bonds. The number of aliphatic imine (C=N–C) groups is 1. The van der Waals surface area contributed by atoms with Crippen molar-refractivity contribution in [2.45, 2.75) is 51.9 Å². The van der Waals surface area contributed by atoms with Gasteiger partial charge in [0.1, 0.15) is 12.1 Å². The Hall–Kier alpha value is -5.40. The summed E-state index contributed by atoms with van der Waals surface area (Å²) in [4.78, 5) is 33.9. The number of aliphatic hydroxyl groups is 1. The molecule has 1 saturated heterocycles. The molecule has 51 heavy (non-hydrogen) atoms. The molecule has 264 valence electrons. The number of guanidine groups is 1. The average molecular weight is 716 g/mol. The molecule has 1 aliphatic rings. The van der Waals surface area contributed by atoms with Gasteiger partial charge in [0.05, 0.1) is 29.6 Å². The number of H-pyrrole nitrogens is 1.